The zero-order valence-corrected chi connectivity index (χ0v) is 13.8. The lowest BCUT2D eigenvalue weighted by molar-refractivity contribution is 0.470. The molecule has 0 amide bonds. The first-order valence-electron chi connectivity index (χ1n) is 7.16. The highest BCUT2D eigenvalue weighted by Gasteiger charge is 2.10. The second-order valence-corrected chi connectivity index (χ2v) is 6.19. The second kappa shape index (κ2) is 6.50. The van der Waals surface area contributed by atoms with Gasteiger partial charge in [0.05, 0.1) is 0 Å². The lowest BCUT2D eigenvalue weighted by Crippen LogP contribution is -2.17. The Bertz CT molecular complexity index is 627. The summed E-state index contributed by atoms with van der Waals surface area (Å²) in [5.74, 6) is 1.75. The Morgan fingerprint density at radius 1 is 1.05 bits per heavy atom. The molecule has 0 fully saturated rings. The van der Waals surface area contributed by atoms with Crippen LogP contribution in [0, 0.1) is 20.8 Å². The number of aryl methyl sites for hydroxylation is 3. The quantitative estimate of drug-likeness (QED) is 0.867. The number of rotatable bonds is 4. The molecule has 21 heavy (non-hydrogen) atoms. The molecule has 0 aliphatic heterocycles. The Morgan fingerprint density at radius 3 is 2.24 bits per heavy atom. The highest BCUT2D eigenvalue weighted by atomic mass is 35.5. The van der Waals surface area contributed by atoms with Gasteiger partial charge in [-0.2, -0.15) is 0 Å². The standard InChI is InChI=1S/C18H22ClNO/c1-11-5-6-15(9-14(4)20)10-17(11)21-18-12(2)7-16(19)8-13(18)3/h5-8,10,14H,9,20H2,1-4H3. The van der Waals surface area contributed by atoms with Crippen molar-refractivity contribution >= 4 is 11.6 Å². The first kappa shape index (κ1) is 15.9. The maximum Gasteiger partial charge on any atom is 0.133 e. The number of hydrogen-bond acceptors (Lipinski definition) is 2. The summed E-state index contributed by atoms with van der Waals surface area (Å²) in [4.78, 5) is 0. The Kier molecular flexibility index (Phi) is 4.92. The average molecular weight is 304 g/mol. The number of hydrogen-bond donors (Lipinski definition) is 1. The molecule has 0 aliphatic carbocycles. The summed E-state index contributed by atoms with van der Waals surface area (Å²) < 4.78 is 6.15. The van der Waals surface area contributed by atoms with Gasteiger partial charge in [0.1, 0.15) is 11.5 Å². The summed E-state index contributed by atoms with van der Waals surface area (Å²) in [5.41, 5.74) is 10.3. The topological polar surface area (TPSA) is 35.2 Å². The van der Waals surface area contributed by atoms with Gasteiger partial charge < -0.3 is 10.5 Å². The lowest BCUT2D eigenvalue weighted by atomic mass is 10.0. The van der Waals surface area contributed by atoms with Crippen LogP contribution in [-0.4, -0.2) is 6.04 Å². The third-order valence-electron chi connectivity index (χ3n) is 3.45. The predicted octanol–water partition coefficient (Wildman–Crippen LogP) is 4.95. The molecule has 2 aromatic carbocycles. The number of benzene rings is 2. The fraction of sp³-hybridized carbons (Fsp3) is 0.333. The van der Waals surface area contributed by atoms with Gasteiger partial charge in [0.15, 0.2) is 0 Å². The van der Waals surface area contributed by atoms with Gasteiger partial charge in [0.2, 0.25) is 0 Å². The molecule has 0 spiro atoms. The smallest absolute Gasteiger partial charge is 0.133 e. The molecule has 112 valence electrons. The van der Waals surface area contributed by atoms with E-state index in [1.807, 2.05) is 39.8 Å². The van der Waals surface area contributed by atoms with E-state index in [1.165, 1.54) is 5.56 Å². The van der Waals surface area contributed by atoms with Crippen molar-refractivity contribution < 1.29 is 4.74 Å². The van der Waals surface area contributed by atoms with Gasteiger partial charge in [-0.25, -0.2) is 0 Å². The summed E-state index contributed by atoms with van der Waals surface area (Å²) in [6.45, 7) is 8.07. The highest BCUT2D eigenvalue weighted by Crippen LogP contribution is 2.33. The number of nitrogens with two attached hydrogens (primary N) is 1. The van der Waals surface area contributed by atoms with Crippen LogP contribution in [0.3, 0.4) is 0 Å². The minimum atomic E-state index is 0.138. The molecule has 0 radical (unpaired) electrons. The van der Waals surface area contributed by atoms with E-state index in [2.05, 4.69) is 18.2 Å². The molecule has 2 rings (SSSR count). The van der Waals surface area contributed by atoms with E-state index in [4.69, 9.17) is 22.1 Å². The molecule has 2 aromatic rings. The van der Waals surface area contributed by atoms with Crippen molar-refractivity contribution in [3.05, 3.63) is 57.6 Å². The van der Waals surface area contributed by atoms with Crippen LogP contribution in [0.15, 0.2) is 30.3 Å². The molecule has 0 bridgehead atoms. The van der Waals surface area contributed by atoms with E-state index in [1.54, 1.807) is 0 Å². The summed E-state index contributed by atoms with van der Waals surface area (Å²) in [7, 11) is 0. The van der Waals surface area contributed by atoms with Crippen LogP contribution in [0.5, 0.6) is 11.5 Å². The van der Waals surface area contributed by atoms with Gasteiger partial charge in [0, 0.05) is 11.1 Å². The summed E-state index contributed by atoms with van der Waals surface area (Å²) >= 11 is 6.07. The van der Waals surface area contributed by atoms with Crippen LogP contribution in [-0.2, 0) is 6.42 Å². The predicted molar refractivity (Wildman–Crippen MR) is 89.5 cm³/mol. The zero-order valence-electron chi connectivity index (χ0n) is 13.0. The molecule has 0 heterocycles. The van der Waals surface area contributed by atoms with Crippen molar-refractivity contribution in [1.29, 1.82) is 0 Å². The van der Waals surface area contributed by atoms with Crippen LogP contribution in [0.4, 0.5) is 0 Å². The Hall–Kier alpha value is -1.51. The molecular formula is C18H22ClNO. The van der Waals surface area contributed by atoms with Gasteiger partial charge in [-0.05, 0) is 74.6 Å². The Balaban J connectivity index is 2.35. The molecule has 0 aromatic heterocycles. The van der Waals surface area contributed by atoms with E-state index in [0.29, 0.717) is 0 Å². The first-order chi connectivity index (χ1) is 9.86. The summed E-state index contributed by atoms with van der Waals surface area (Å²) in [5, 5.41) is 0.736. The van der Waals surface area contributed by atoms with Crippen molar-refractivity contribution in [1.82, 2.24) is 0 Å². The van der Waals surface area contributed by atoms with Crippen LogP contribution in [0.1, 0.15) is 29.2 Å². The minimum absolute atomic E-state index is 0.138. The fourth-order valence-corrected chi connectivity index (χ4v) is 2.75. The van der Waals surface area contributed by atoms with Crippen LogP contribution >= 0.6 is 11.6 Å². The van der Waals surface area contributed by atoms with Gasteiger partial charge in [-0.15, -0.1) is 0 Å². The second-order valence-electron chi connectivity index (χ2n) is 5.75. The third-order valence-corrected chi connectivity index (χ3v) is 3.67. The Morgan fingerprint density at radius 2 is 1.67 bits per heavy atom. The monoisotopic (exact) mass is 303 g/mol. The largest absolute Gasteiger partial charge is 0.457 e. The molecule has 0 saturated heterocycles. The molecule has 0 saturated carbocycles. The van der Waals surface area contributed by atoms with Crippen LogP contribution in [0.25, 0.3) is 0 Å². The van der Waals surface area contributed by atoms with Crippen molar-refractivity contribution in [2.24, 2.45) is 5.73 Å². The van der Waals surface area contributed by atoms with Gasteiger partial charge in [0.25, 0.3) is 0 Å². The van der Waals surface area contributed by atoms with Crippen molar-refractivity contribution in [3.8, 4) is 11.5 Å². The van der Waals surface area contributed by atoms with Crippen molar-refractivity contribution in [2.75, 3.05) is 0 Å². The van der Waals surface area contributed by atoms with Crippen LogP contribution in [0.2, 0.25) is 5.02 Å². The molecule has 0 aliphatic rings. The molecule has 3 heteroatoms. The maximum atomic E-state index is 6.15. The molecule has 2 N–H and O–H groups in total. The molecule has 1 unspecified atom stereocenters. The van der Waals surface area contributed by atoms with Crippen molar-refractivity contribution in [2.45, 2.75) is 40.2 Å². The number of halogens is 1. The van der Waals surface area contributed by atoms with E-state index < -0.39 is 0 Å². The number of ether oxygens (including phenoxy) is 1. The Labute approximate surface area is 131 Å². The SMILES string of the molecule is Cc1ccc(CC(C)N)cc1Oc1c(C)cc(Cl)cc1C. The third kappa shape index (κ3) is 3.99. The van der Waals surface area contributed by atoms with Gasteiger partial charge >= 0.3 is 0 Å². The fourth-order valence-electron chi connectivity index (χ4n) is 2.42. The molecule has 1 atom stereocenters. The van der Waals surface area contributed by atoms with E-state index in [9.17, 15) is 0 Å². The average Bonchev–Trinajstić information content (AvgIpc) is 2.36. The maximum absolute atomic E-state index is 6.15. The molecular weight excluding hydrogens is 282 g/mol. The van der Waals surface area contributed by atoms with Crippen molar-refractivity contribution in [3.63, 3.8) is 0 Å². The highest BCUT2D eigenvalue weighted by molar-refractivity contribution is 6.30. The summed E-state index contributed by atoms with van der Waals surface area (Å²) in [6.07, 6.45) is 0.842. The lowest BCUT2D eigenvalue weighted by Gasteiger charge is -2.15. The summed E-state index contributed by atoms with van der Waals surface area (Å²) in [6, 6.07) is 10.2. The van der Waals surface area contributed by atoms with Gasteiger partial charge in [-0.3, -0.25) is 0 Å². The van der Waals surface area contributed by atoms with Crippen LogP contribution < -0.4 is 10.5 Å². The van der Waals surface area contributed by atoms with E-state index in [-0.39, 0.29) is 6.04 Å². The van der Waals surface area contributed by atoms with Gasteiger partial charge in [-0.1, -0.05) is 23.7 Å². The minimum Gasteiger partial charge on any atom is -0.457 e. The zero-order chi connectivity index (χ0) is 15.6. The first-order valence-corrected chi connectivity index (χ1v) is 7.54. The molecule has 2 nitrogen and oxygen atoms in total. The van der Waals surface area contributed by atoms with E-state index in [0.717, 1.165) is 39.6 Å². The van der Waals surface area contributed by atoms with E-state index >= 15 is 0 Å². The normalized spacial score (nSPS) is 12.3.